The van der Waals surface area contributed by atoms with Crippen LogP contribution in [0, 0.1) is 0 Å². The first-order valence-corrected chi connectivity index (χ1v) is 13.8. The molecule has 0 aliphatic rings. The van der Waals surface area contributed by atoms with Crippen molar-refractivity contribution in [1.82, 2.24) is 0 Å². The third-order valence-corrected chi connectivity index (χ3v) is 7.39. The molecule has 0 nitrogen and oxygen atoms in total. The van der Waals surface area contributed by atoms with E-state index in [0.29, 0.717) is 5.92 Å². The summed E-state index contributed by atoms with van der Waals surface area (Å²) in [7, 11) is 0. The molecule has 0 heteroatoms. The Bertz CT molecular complexity index is 1030. The van der Waals surface area contributed by atoms with Gasteiger partial charge < -0.3 is 0 Å². The molecule has 35 heavy (non-hydrogen) atoms. The molecule has 0 saturated heterocycles. The van der Waals surface area contributed by atoms with Crippen LogP contribution in [0.1, 0.15) is 162 Å². The van der Waals surface area contributed by atoms with Gasteiger partial charge in [0.15, 0.2) is 0 Å². The Morgan fingerprint density at radius 3 is 1.29 bits per heavy atom. The Morgan fingerprint density at radius 2 is 0.914 bits per heavy atom. The minimum absolute atomic E-state index is 0.0604. The van der Waals surface area contributed by atoms with Crippen LogP contribution in [0.25, 0.3) is 0 Å². The molecule has 2 aromatic carbocycles. The van der Waals surface area contributed by atoms with Gasteiger partial charge in [0, 0.05) is 5.92 Å². The second-order valence-electron chi connectivity index (χ2n) is 16.0. The molecule has 2 aromatic rings. The fraction of sp³-hybridized carbons (Fsp3) is 0.657. The fourth-order valence-corrected chi connectivity index (χ4v) is 5.81. The topological polar surface area (TPSA) is 0 Å². The minimum atomic E-state index is 0.0604. The number of benzene rings is 2. The molecule has 0 aromatic heterocycles. The van der Waals surface area contributed by atoms with Crippen molar-refractivity contribution in [2.75, 3.05) is 0 Å². The average molecular weight is 477 g/mol. The standard InChI is InChI=1S/C35H56/c1-17-24(23-18-20-26(31(2,3)4)28(22-23)33(8,9)10)25-19-21-27(32(5,6)7)30(35(14,15)16)29(25)34(11,12)13/h18-22,24H,17H2,1-16H3. The summed E-state index contributed by atoms with van der Waals surface area (Å²) in [6.07, 6.45) is 1.10. The Morgan fingerprint density at radius 1 is 0.486 bits per heavy atom. The summed E-state index contributed by atoms with van der Waals surface area (Å²) in [6, 6.07) is 12.3. The highest BCUT2D eigenvalue weighted by molar-refractivity contribution is 5.54. The molecule has 0 heterocycles. The molecule has 0 aliphatic carbocycles. The lowest BCUT2D eigenvalue weighted by atomic mass is 9.65. The average Bonchev–Trinajstić information content (AvgIpc) is 2.64. The lowest BCUT2D eigenvalue weighted by Gasteiger charge is -2.39. The smallest absolute Gasteiger partial charge is 0.00898 e. The van der Waals surface area contributed by atoms with Gasteiger partial charge in [-0.3, -0.25) is 0 Å². The highest BCUT2D eigenvalue weighted by Crippen LogP contribution is 2.46. The summed E-state index contributed by atoms with van der Waals surface area (Å²) in [5.74, 6) is 0.384. The number of hydrogen-bond acceptors (Lipinski definition) is 0. The van der Waals surface area contributed by atoms with E-state index in [9.17, 15) is 0 Å². The van der Waals surface area contributed by atoms with E-state index in [1.807, 2.05) is 0 Å². The summed E-state index contributed by atoms with van der Waals surface area (Å²) in [5.41, 5.74) is 11.0. The van der Waals surface area contributed by atoms with Gasteiger partial charge in [-0.25, -0.2) is 0 Å². The molecule has 1 unspecified atom stereocenters. The highest BCUT2D eigenvalue weighted by atomic mass is 14.4. The summed E-state index contributed by atoms with van der Waals surface area (Å²) >= 11 is 0. The van der Waals surface area contributed by atoms with Crippen molar-refractivity contribution in [3.63, 3.8) is 0 Å². The van der Waals surface area contributed by atoms with Gasteiger partial charge in [0.2, 0.25) is 0 Å². The van der Waals surface area contributed by atoms with Crippen LogP contribution in [0.2, 0.25) is 0 Å². The van der Waals surface area contributed by atoms with Crippen LogP contribution in [0.15, 0.2) is 30.3 Å². The van der Waals surface area contributed by atoms with Gasteiger partial charge >= 0.3 is 0 Å². The minimum Gasteiger partial charge on any atom is -0.0645 e. The van der Waals surface area contributed by atoms with Gasteiger partial charge in [-0.15, -0.1) is 0 Å². The lowest BCUT2D eigenvalue weighted by molar-refractivity contribution is 0.491. The van der Waals surface area contributed by atoms with E-state index in [4.69, 9.17) is 0 Å². The normalized spacial score (nSPS) is 14.9. The zero-order valence-electron chi connectivity index (χ0n) is 26.2. The molecule has 0 spiro atoms. The van der Waals surface area contributed by atoms with Crippen molar-refractivity contribution in [1.29, 1.82) is 0 Å². The van der Waals surface area contributed by atoms with Crippen molar-refractivity contribution in [2.45, 2.75) is 150 Å². The first kappa shape index (κ1) is 29.7. The van der Waals surface area contributed by atoms with Crippen molar-refractivity contribution in [3.8, 4) is 0 Å². The third kappa shape index (κ3) is 6.42. The number of rotatable bonds is 3. The van der Waals surface area contributed by atoms with Crippen LogP contribution in [0.3, 0.4) is 0 Å². The molecule has 1 atom stereocenters. The van der Waals surface area contributed by atoms with Crippen LogP contribution < -0.4 is 0 Å². The summed E-state index contributed by atoms with van der Waals surface area (Å²) in [5, 5.41) is 0. The van der Waals surface area contributed by atoms with Crippen molar-refractivity contribution in [3.05, 3.63) is 69.3 Å². The largest absolute Gasteiger partial charge is 0.0645 e. The lowest BCUT2D eigenvalue weighted by Crippen LogP contribution is -2.30. The third-order valence-electron chi connectivity index (χ3n) is 7.39. The van der Waals surface area contributed by atoms with E-state index in [-0.39, 0.29) is 27.1 Å². The van der Waals surface area contributed by atoms with Gasteiger partial charge in [-0.05, 0) is 72.4 Å². The Kier molecular flexibility index (Phi) is 7.96. The van der Waals surface area contributed by atoms with Crippen molar-refractivity contribution in [2.24, 2.45) is 0 Å². The molecule has 2 rings (SSSR count). The van der Waals surface area contributed by atoms with Crippen LogP contribution >= 0.6 is 0 Å². The zero-order chi connectivity index (χ0) is 27.4. The maximum Gasteiger partial charge on any atom is 0.00898 e. The zero-order valence-corrected chi connectivity index (χ0v) is 26.2. The molecule has 0 bridgehead atoms. The van der Waals surface area contributed by atoms with Gasteiger partial charge in [0.1, 0.15) is 0 Å². The van der Waals surface area contributed by atoms with E-state index < -0.39 is 0 Å². The molecule has 0 saturated carbocycles. The molecular formula is C35H56. The predicted molar refractivity (Wildman–Crippen MR) is 159 cm³/mol. The van der Waals surface area contributed by atoms with Crippen LogP contribution in [0.4, 0.5) is 0 Å². The molecule has 0 amide bonds. The van der Waals surface area contributed by atoms with Gasteiger partial charge in [0.25, 0.3) is 0 Å². The van der Waals surface area contributed by atoms with E-state index >= 15 is 0 Å². The molecule has 196 valence electrons. The Hall–Kier alpha value is -1.56. The quantitative estimate of drug-likeness (QED) is 0.413. The fourth-order valence-electron chi connectivity index (χ4n) is 5.81. The molecule has 0 aliphatic heterocycles. The first-order chi connectivity index (χ1) is 15.5. The highest BCUT2D eigenvalue weighted by Gasteiger charge is 2.35. The van der Waals surface area contributed by atoms with Gasteiger partial charge in [0.05, 0.1) is 0 Å². The summed E-state index contributed by atoms with van der Waals surface area (Å²) < 4.78 is 0. The van der Waals surface area contributed by atoms with Crippen LogP contribution in [-0.2, 0) is 27.1 Å². The predicted octanol–water partition coefficient (Wildman–Crippen LogP) is 10.7. The Labute approximate surface area is 219 Å². The van der Waals surface area contributed by atoms with E-state index in [1.54, 1.807) is 11.1 Å². The maximum atomic E-state index is 2.54. The Balaban J connectivity index is 2.97. The summed E-state index contributed by atoms with van der Waals surface area (Å²) in [6.45, 7) is 38.0. The van der Waals surface area contributed by atoms with Crippen molar-refractivity contribution < 1.29 is 0 Å². The second kappa shape index (κ2) is 9.39. The van der Waals surface area contributed by atoms with Crippen LogP contribution in [0.5, 0.6) is 0 Å². The number of hydrogen-bond donors (Lipinski definition) is 0. The molecule has 0 N–H and O–H groups in total. The van der Waals surface area contributed by atoms with Gasteiger partial charge in [-0.2, -0.15) is 0 Å². The molecular weight excluding hydrogens is 420 g/mol. The first-order valence-electron chi connectivity index (χ1n) is 13.8. The second-order valence-corrected chi connectivity index (χ2v) is 16.0. The van der Waals surface area contributed by atoms with E-state index in [1.165, 1.54) is 27.8 Å². The van der Waals surface area contributed by atoms with Crippen molar-refractivity contribution >= 4 is 0 Å². The SMILES string of the molecule is CCC(c1ccc(C(C)(C)C)c(C(C)(C)C)c1)c1ccc(C(C)(C)C)c(C(C)(C)C)c1C(C)(C)C. The molecule has 0 fully saturated rings. The van der Waals surface area contributed by atoms with Gasteiger partial charge in [-0.1, -0.05) is 141 Å². The monoisotopic (exact) mass is 476 g/mol. The van der Waals surface area contributed by atoms with E-state index in [2.05, 4.69) is 141 Å². The van der Waals surface area contributed by atoms with E-state index in [0.717, 1.165) is 6.42 Å². The maximum absolute atomic E-state index is 2.54. The summed E-state index contributed by atoms with van der Waals surface area (Å²) in [4.78, 5) is 0. The van der Waals surface area contributed by atoms with Crippen LogP contribution in [-0.4, -0.2) is 0 Å². The molecule has 0 radical (unpaired) electrons.